The summed E-state index contributed by atoms with van der Waals surface area (Å²) >= 11 is 1.36. The van der Waals surface area contributed by atoms with E-state index in [-0.39, 0.29) is 17.1 Å². The third-order valence-electron chi connectivity index (χ3n) is 4.99. The highest BCUT2D eigenvalue weighted by Gasteiger charge is 2.32. The van der Waals surface area contributed by atoms with Crippen molar-refractivity contribution in [1.29, 1.82) is 0 Å². The number of rotatable bonds is 7. The highest BCUT2D eigenvalue weighted by molar-refractivity contribution is 7.99. The van der Waals surface area contributed by atoms with E-state index < -0.39 is 5.82 Å². The van der Waals surface area contributed by atoms with Gasteiger partial charge in [0.25, 0.3) is 0 Å². The van der Waals surface area contributed by atoms with E-state index in [4.69, 9.17) is 4.74 Å². The molecule has 0 N–H and O–H groups in total. The summed E-state index contributed by atoms with van der Waals surface area (Å²) in [5, 5.41) is 9.54. The van der Waals surface area contributed by atoms with Gasteiger partial charge >= 0.3 is 0 Å². The molecular weight excluding hydrogens is 367 g/mol. The maximum atomic E-state index is 13.5. The zero-order chi connectivity index (χ0) is 18.8. The number of nitrogens with zero attached hydrogens (tertiary/aromatic N) is 4. The van der Waals surface area contributed by atoms with Gasteiger partial charge in [0.15, 0.2) is 10.9 Å². The molecule has 0 amide bonds. The van der Waals surface area contributed by atoms with Crippen LogP contribution in [0.2, 0.25) is 0 Å². The molecule has 27 heavy (non-hydrogen) atoms. The summed E-state index contributed by atoms with van der Waals surface area (Å²) in [6, 6.07) is 4.43. The molecule has 1 aromatic heterocycles. The van der Waals surface area contributed by atoms with E-state index in [9.17, 15) is 9.18 Å². The summed E-state index contributed by atoms with van der Waals surface area (Å²) in [5.41, 5.74) is 0.263. The number of piperidine rings is 1. The molecule has 6 nitrogen and oxygen atoms in total. The van der Waals surface area contributed by atoms with Crippen molar-refractivity contribution in [3.8, 4) is 5.75 Å². The monoisotopic (exact) mass is 390 g/mol. The molecule has 1 aromatic carbocycles. The van der Waals surface area contributed by atoms with E-state index in [1.54, 1.807) is 0 Å². The summed E-state index contributed by atoms with van der Waals surface area (Å²) in [7, 11) is 1.48. The van der Waals surface area contributed by atoms with Crippen LogP contribution in [-0.2, 0) is 0 Å². The van der Waals surface area contributed by atoms with Gasteiger partial charge in [0.2, 0.25) is 5.95 Å². The minimum absolute atomic E-state index is 0.171. The zero-order valence-corrected chi connectivity index (χ0v) is 16.2. The lowest BCUT2D eigenvalue weighted by molar-refractivity contribution is 0.101. The average molecular weight is 390 g/mol. The number of ether oxygens (including phenoxy) is 1. The van der Waals surface area contributed by atoms with Crippen molar-refractivity contribution in [1.82, 2.24) is 14.8 Å². The number of hydrogen-bond donors (Lipinski definition) is 0. The minimum Gasteiger partial charge on any atom is -0.496 e. The van der Waals surface area contributed by atoms with Gasteiger partial charge in [0.1, 0.15) is 11.6 Å². The molecule has 144 valence electrons. The number of hydrogen-bond acceptors (Lipinski definition) is 6. The normalized spacial score (nSPS) is 17.2. The summed E-state index contributed by atoms with van der Waals surface area (Å²) < 4.78 is 20.9. The predicted molar refractivity (Wildman–Crippen MR) is 102 cm³/mol. The number of aromatic nitrogens is 3. The third-order valence-corrected chi connectivity index (χ3v) is 5.93. The molecule has 0 spiro atoms. The number of carbonyl (C=O) groups excluding carboxylic acids is 1. The molecule has 1 aliphatic carbocycles. The molecule has 2 fully saturated rings. The lowest BCUT2D eigenvalue weighted by atomic mass is 10.1. The Kier molecular flexibility index (Phi) is 5.33. The summed E-state index contributed by atoms with van der Waals surface area (Å²) in [6.45, 7) is 2.02. The lowest BCUT2D eigenvalue weighted by Crippen LogP contribution is -2.31. The molecule has 0 atom stereocenters. The van der Waals surface area contributed by atoms with Crippen LogP contribution in [0, 0.1) is 5.82 Å². The van der Waals surface area contributed by atoms with Crippen molar-refractivity contribution < 1.29 is 13.9 Å². The lowest BCUT2D eigenvalue weighted by Gasteiger charge is -2.27. The van der Waals surface area contributed by atoms with Crippen LogP contribution < -0.4 is 9.64 Å². The highest BCUT2D eigenvalue weighted by atomic mass is 32.2. The highest BCUT2D eigenvalue weighted by Crippen LogP contribution is 2.41. The molecule has 1 saturated heterocycles. The number of halogens is 1. The van der Waals surface area contributed by atoms with Crippen molar-refractivity contribution in [2.75, 3.05) is 30.9 Å². The Labute approximate surface area is 162 Å². The van der Waals surface area contributed by atoms with Crippen LogP contribution in [0.1, 0.15) is 48.5 Å². The quantitative estimate of drug-likeness (QED) is 0.530. The second-order valence-corrected chi connectivity index (χ2v) is 7.93. The number of Topliss-reactive ketones (excluding diaryl/α,β-unsaturated/α-hetero) is 1. The van der Waals surface area contributed by atoms with Gasteiger partial charge in [-0.15, -0.1) is 10.2 Å². The third kappa shape index (κ3) is 3.95. The van der Waals surface area contributed by atoms with Gasteiger partial charge in [-0.3, -0.25) is 9.36 Å². The fourth-order valence-electron chi connectivity index (χ4n) is 3.44. The summed E-state index contributed by atoms with van der Waals surface area (Å²) in [4.78, 5) is 14.9. The Balaban J connectivity index is 1.51. The molecule has 8 heteroatoms. The maximum Gasteiger partial charge on any atom is 0.228 e. The Morgan fingerprint density at radius 1 is 1.26 bits per heavy atom. The molecule has 1 saturated carbocycles. The molecular formula is C19H23FN4O2S. The van der Waals surface area contributed by atoms with Crippen molar-refractivity contribution in [3.05, 3.63) is 29.6 Å². The molecule has 0 unspecified atom stereocenters. The van der Waals surface area contributed by atoms with E-state index in [0.29, 0.717) is 11.8 Å². The van der Waals surface area contributed by atoms with Crippen LogP contribution in [0.3, 0.4) is 0 Å². The molecule has 0 radical (unpaired) electrons. The van der Waals surface area contributed by atoms with Crippen molar-refractivity contribution >= 4 is 23.5 Å². The molecule has 4 rings (SSSR count). The van der Waals surface area contributed by atoms with Crippen molar-refractivity contribution in [3.63, 3.8) is 0 Å². The number of ketones is 1. The van der Waals surface area contributed by atoms with E-state index >= 15 is 0 Å². The van der Waals surface area contributed by atoms with Gasteiger partial charge < -0.3 is 9.64 Å². The van der Waals surface area contributed by atoms with Crippen molar-refractivity contribution in [2.45, 2.75) is 43.3 Å². The number of anilines is 1. The Morgan fingerprint density at radius 3 is 2.74 bits per heavy atom. The number of methoxy groups -OCH3 is 1. The van der Waals surface area contributed by atoms with Gasteiger partial charge in [-0.25, -0.2) is 4.39 Å². The zero-order valence-electron chi connectivity index (χ0n) is 15.4. The second-order valence-electron chi connectivity index (χ2n) is 6.99. The smallest absolute Gasteiger partial charge is 0.228 e. The van der Waals surface area contributed by atoms with Gasteiger partial charge in [-0.1, -0.05) is 11.8 Å². The average Bonchev–Trinajstić information content (AvgIpc) is 3.45. The molecule has 0 bridgehead atoms. The van der Waals surface area contributed by atoms with Crippen LogP contribution in [0.5, 0.6) is 5.75 Å². The fraction of sp³-hybridized carbons (Fsp3) is 0.526. The molecule has 2 heterocycles. The number of thioether (sulfide) groups is 1. The largest absolute Gasteiger partial charge is 0.496 e. The van der Waals surface area contributed by atoms with Gasteiger partial charge in [-0.05, 0) is 50.3 Å². The first-order valence-corrected chi connectivity index (χ1v) is 10.4. The van der Waals surface area contributed by atoms with Gasteiger partial charge in [-0.2, -0.15) is 0 Å². The van der Waals surface area contributed by atoms with E-state index in [0.717, 1.165) is 37.0 Å². The fourth-order valence-corrected chi connectivity index (χ4v) is 4.32. The van der Waals surface area contributed by atoms with Crippen LogP contribution in [0.4, 0.5) is 10.3 Å². The Hall–Kier alpha value is -2.09. The van der Waals surface area contributed by atoms with E-state index in [1.807, 2.05) is 0 Å². The van der Waals surface area contributed by atoms with Crippen molar-refractivity contribution in [2.24, 2.45) is 0 Å². The first kappa shape index (κ1) is 18.3. The van der Waals surface area contributed by atoms with E-state index in [2.05, 4.69) is 19.7 Å². The van der Waals surface area contributed by atoms with Gasteiger partial charge in [0.05, 0.1) is 18.4 Å². The van der Waals surface area contributed by atoms with Gasteiger partial charge in [0, 0.05) is 19.1 Å². The predicted octanol–water partition coefficient (Wildman–Crippen LogP) is 3.73. The minimum atomic E-state index is -0.447. The number of carbonyl (C=O) groups is 1. The first-order chi connectivity index (χ1) is 13.2. The maximum absolute atomic E-state index is 13.5. The SMILES string of the molecule is COc1ccc(F)cc1C(=O)CSc1nnc(N2CCCCC2)n1C1CC1. The first-order valence-electron chi connectivity index (χ1n) is 9.37. The van der Waals surface area contributed by atoms with E-state index in [1.165, 1.54) is 56.3 Å². The second kappa shape index (κ2) is 7.88. The summed E-state index contributed by atoms with van der Waals surface area (Å²) in [6.07, 6.45) is 5.87. The van der Waals surface area contributed by atoms with Crippen LogP contribution >= 0.6 is 11.8 Å². The topological polar surface area (TPSA) is 60.2 Å². The molecule has 2 aliphatic rings. The standard InChI is InChI=1S/C19H23FN4O2S/c1-26-17-8-5-13(20)11-15(17)16(25)12-27-19-22-21-18(24(19)14-6-7-14)23-9-3-2-4-10-23/h5,8,11,14H,2-4,6-7,9-10,12H2,1H3. The van der Waals surface area contributed by atoms with Crippen LogP contribution in [0.25, 0.3) is 0 Å². The van der Waals surface area contributed by atoms with Crippen LogP contribution in [-0.4, -0.2) is 46.5 Å². The summed E-state index contributed by atoms with van der Waals surface area (Å²) in [5.74, 6) is 0.860. The molecule has 2 aromatic rings. The van der Waals surface area contributed by atoms with Crippen LogP contribution in [0.15, 0.2) is 23.4 Å². The molecule has 1 aliphatic heterocycles. The Bertz CT molecular complexity index is 831. The number of benzene rings is 1. The Morgan fingerprint density at radius 2 is 2.04 bits per heavy atom.